The van der Waals surface area contributed by atoms with Gasteiger partial charge in [-0.1, -0.05) is 13.0 Å². The van der Waals surface area contributed by atoms with Gasteiger partial charge < -0.3 is 10.2 Å². The quantitative estimate of drug-likeness (QED) is 0.923. The van der Waals surface area contributed by atoms with Crippen LogP contribution >= 0.6 is 0 Å². The number of urea groups is 1. The standard InChI is InChI=1S/C17H21F2N5O/c1-12(15-5-4-13(18)7-16(15)19)8-21-17(25)23-6-2-3-14(9-23)24-11-20-10-22-24/h4-5,7,10-12,14H,2-3,6,8-9H2,1H3,(H,21,25). The van der Waals surface area contributed by atoms with Crippen molar-refractivity contribution in [2.24, 2.45) is 0 Å². The molecule has 0 radical (unpaired) electrons. The summed E-state index contributed by atoms with van der Waals surface area (Å²) >= 11 is 0. The van der Waals surface area contributed by atoms with E-state index in [9.17, 15) is 13.6 Å². The summed E-state index contributed by atoms with van der Waals surface area (Å²) in [6.45, 7) is 3.32. The lowest BCUT2D eigenvalue weighted by atomic mass is 10.0. The number of halogens is 2. The van der Waals surface area contributed by atoms with Crippen LogP contribution in [0.3, 0.4) is 0 Å². The molecule has 134 valence electrons. The number of nitrogens with one attached hydrogen (secondary N) is 1. The van der Waals surface area contributed by atoms with Crippen LogP contribution in [0.5, 0.6) is 0 Å². The highest BCUT2D eigenvalue weighted by Gasteiger charge is 2.25. The average molecular weight is 349 g/mol. The molecule has 0 spiro atoms. The fraction of sp³-hybridized carbons (Fsp3) is 0.471. The summed E-state index contributed by atoms with van der Waals surface area (Å²) < 4.78 is 28.6. The summed E-state index contributed by atoms with van der Waals surface area (Å²) in [6, 6.07) is 3.45. The Morgan fingerprint density at radius 3 is 3.00 bits per heavy atom. The second kappa shape index (κ2) is 7.58. The van der Waals surface area contributed by atoms with Crippen molar-refractivity contribution < 1.29 is 13.6 Å². The van der Waals surface area contributed by atoms with E-state index in [0.717, 1.165) is 18.9 Å². The number of hydrogen-bond acceptors (Lipinski definition) is 3. The number of nitrogens with zero attached hydrogens (tertiary/aromatic N) is 4. The molecule has 1 saturated heterocycles. The van der Waals surface area contributed by atoms with Crippen LogP contribution in [-0.2, 0) is 0 Å². The molecule has 0 bridgehead atoms. The van der Waals surface area contributed by atoms with Gasteiger partial charge in [-0.2, -0.15) is 5.10 Å². The molecule has 2 heterocycles. The average Bonchev–Trinajstić information content (AvgIpc) is 3.14. The van der Waals surface area contributed by atoms with E-state index in [2.05, 4.69) is 15.4 Å². The first-order valence-electron chi connectivity index (χ1n) is 8.36. The third-order valence-corrected chi connectivity index (χ3v) is 4.55. The van der Waals surface area contributed by atoms with Gasteiger partial charge in [0.25, 0.3) is 0 Å². The third kappa shape index (κ3) is 4.12. The van der Waals surface area contributed by atoms with E-state index in [1.54, 1.807) is 22.8 Å². The van der Waals surface area contributed by atoms with Crippen LogP contribution in [0.1, 0.15) is 37.3 Å². The van der Waals surface area contributed by atoms with Gasteiger partial charge in [-0.05, 0) is 24.5 Å². The number of carbonyl (C=O) groups is 1. The predicted molar refractivity (Wildman–Crippen MR) is 88.0 cm³/mol. The number of benzene rings is 1. The summed E-state index contributed by atoms with van der Waals surface area (Å²) in [7, 11) is 0. The van der Waals surface area contributed by atoms with Crippen molar-refractivity contribution >= 4 is 6.03 Å². The molecule has 6 nitrogen and oxygen atoms in total. The Morgan fingerprint density at radius 1 is 1.44 bits per heavy atom. The molecule has 2 unspecified atom stereocenters. The number of aromatic nitrogens is 3. The van der Waals surface area contributed by atoms with Crippen molar-refractivity contribution in [3.8, 4) is 0 Å². The van der Waals surface area contributed by atoms with E-state index in [4.69, 9.17) is 0 Å². The minimum absolute atomic E-state index is 0.119. The largest absolute Gasteiger partial charge is 0.337 e. The van der Waals surface area contributed by atoms with Crippen molar-refractivity contribution in [2.75, 3.05) is 19.6 Å². The Labute approximate surface area is 144 Å². The molecular weight excluding hydrogens is 328 g/mol. The molecule has 0 saturated carbocycles. The Kier molecular flexibility index (Phi) is 5.25. The fourth-order valence-electron chi connectivity index (χ4n) is 3.12. The molecule has 1 aromatic heterocycles. The highest BCUT2D eigenvalue weighted by molar-refractivity contribution is 5.74. The van der Waals surface area contributed by atoms with Crippen molar-refractivity contribution in [1.29, 1.82) is 0 Å². The summed E-state index contributed by atoms with van der Waals surface area (Å²) in [5.41, 5.74) is 0.390. The first-order valence-corrected chi connectivity index (χ1v) is 8.36. The molecular formula is C17H21F2N5O. The number of piperidine rings is 1. The third-order valence-electron chi connectivity index (χ3n) is 4.55. The first kappa shape index (κ1) is 17.3. The predicted octanol–water partition coefficient (Wildman–Crippen LogP) is 2.71. The maximum Gasteiger partial charge on any atom is 0.317 e. The van der Waals surface area contributed by atoms with Crippen LogP contribution in [-0.4, -0.2) is 45.3 Å². The van der Waals surface area contributed by atoms with Crippen LogP contribution in [0, 0.1) is 11.6 Å². The minimum Gasteiger partial charge on any atom is -0.337 e. The van der Waals surface area contributed by atoms with Crippen LogP contribution in [0.15, 0.2) is 30.9 Å². The monoisotopic (exact) mass is 349 g/mol. The zero-order chi connectivity index (χ0) is 17.8. The summed E-state index contributed by atoms with van der Waals surface area (Å²) in [5.74, 6) is -1.45. The number of rotatable bonds is 4. The normalized spacial score (nSPS) is 18.8. The zero-order valence-electron chi connectivity index (χ0n) is 14.0. The molecule has 1 N–H and O–H groups in total. The Balaban J connectivity index is 1.55. The molecule has 1 fully saturated rings. The van der Waals surface area contributed by atoms with Gasteiger partial charge in [0.05, 0.1) is 6.04 Å². The molecule has 3 rings (SSSR count). The number of hydrogen-bond donors (Lipinski definition) is 1. The van der Waals surface area contributed by atoms with Gasteiger partial charge >= 0.3 is 6.03 Å². The molecule has 0 aliphatic carbocycles. The summed E-state index contributed by atoms with van der Waals surface area (Å²) in [5, 5.41) is 6.98. The van der Waals surface area contributed by atoms with E-state index < -0.39 is 11.6 Å². The lowest BCUT2D eigenvalue weighted by molar-refractivity contribution is 0.163. The van der Waals surface area contributed by atoms with E-state index >= 15 is 0 Å². The zero-order valence-corrected chi connectivity index (χ0v) is 14.0. The van der Waals surface area contributed by atoms with E-state index in [0.29, 0.717) is 18.7 Å². The van der Waals surface area contributed by atoms with Gasteiger partial charge in [0.15, 0.2) is 0 Å². The fourth-order valence-corrected chi connectivity index (χ4v) is 3.12. The van der Waals surface area contributed by atoms with E-state index in [1.807, 2.05) is 0 Å². The smallest absolute Gasteiger partial charge is 0.317 e. The minimum atomic E-state index is -0.607. The molecule has 25 heavy (non-hydrogen) atoms. The Bertz CT molecular complexity index is 722. The molecule has 2 amide bonds. The summed E-state index contributed by atoms with van der Waals surface area (Å²) in [4.78, 5) is 18.1. The lowest BCUT2D eigenvalue weighted by Crippen LogP contribution is -2.46. The maximum atomic E-state index is 13.8. The van der Waals surface area contributed by atoms with Crippen LogP contribution in [0.25, 0.3) is 0 Å². The van der Waals surface area contributed by atoms with Gasteiger partial charge in [0.2, 0.25) is 0 Å². The van der Waals surface area contributed by atoms with Gasteiger partial charge in [0, 0.05) is 31.6 Å². The van der Waals surface area contributed by atoms with Gasteiger partial charge in [0.1, 0.15) is 24.3 Å². The molecule has 8 heteroatoms. The van der Waals surface area contributed by atoms with E-state index in [-0.39, 0.29) is 24.5 Å². The van der Waals surface area contributed by atoms with Crippen molar-refractivity contribution in [1.82, 2.24) is 25.0 Å². The second-order valence-electron chi connectivity index (χ2n) is 6.37. The molecule has 2 aromatic rings. The lowest BCUT2D eigenvalue weighted by Gasteiger charge is -2.32. The topological polar surface area (TPSA) is 63.1 Å². The Hall–Kier alpha value is -2.51. The van der Waals surface area contributed by atoms with Crippen molar-refractivity contribution in [3.63, 3.8) is 0 Å². The maximum absolute atomic E-state index is 13.8. The van der Waals surface area contributed by atoms with E-state index in [1.165, 1.54) is 18.5 Å². The first-order chi connectivity index (χ1) is 12.0. The van der Waals surface area contributed by atoms with Crippen molar-refractivity contribution in [2.45, 2.75) is 31.7 Å². The number of amides is 2. The van der Waals surface area contributed by atoms with Crippen LogP contribution in [0.2, 0.25) is 0 Å². The van der Waals surface area contributed by atoms with Gasteiger partial charge in [-0.3, -0.25) is 0 Å². The second-order valence-corrected chi connectivity index (χ2v) is 6.37. The summed E-state index contributed by atoms with van der Waals surface area (Å²) in [6.07, 6.45) is 4.98. The molecule has 1 aromatic carbocycles. The number of likely N-dealkylation sites (tertiary alicyclic amines) is 1. The van der Waals surface area contributed by atoms with Crippen LogP contribution < -0.4 is 5.32 Å². The molecule has 1 aliphatic rings. The number of carbonyl (C=O) groups excluding carboxylic acids is 1. The molecule has 2 atom stereocenters. The SMILES string of the molecule is CC(CNC(=O)N1CCCC(n2cncn2)C1)c1ccc(F)cc1F. The van der Waals surface area contributed by atoms with Crippen LogP contribution in [0.4, 0.5) is 13.6 Å². The Morgan fingerprint density at radius 2 is 2.28 bits per heavy atom. The highest BCUT2D eigenvalue weighted by atomic mass is 19.1. The van der Waals surface area contributed by atoms with Crippen molar-refractivity contribution in [3.05, 3.63) is 48.1 Å². The van der Waals surface area contributed by atoms with Gasteiger partial charge in [-0.25, -0.2) is 23.2 Å². The van der Waals surface area contributed by atoms with Gasteiger partial charge in [-0.15, -0.1) is 0 Å². The molecule has 1 aliphatic heterocycles. The highest BCUT2D eigenvalue weighted by Crippen LogP contribution is 2.21.